The molecule has 0 amide bonds. The van der Waals surface area contributed by atoms with Crippen molar-refractivity contribution in [2.45, 2.75) is 18.8 Å². The van der Waals surface area contributed by atoms with E-state index in [2.05, 4.69) is 29.2 Å². The summed E-state index contributed by atoms with van der Waals surface area (Å²) in [5, 5.41) is 9.05. The van der Waals surface area contributed by atoms with Crippen LogP contribution in [0.15, 0.2) is 18.2 Å². The van der Waals surface area contributed by atoms with E-state index < -0.39 is 0 Å². The third-order valence-corrected chi connectivity index (χ3v) is 2.86. The zero-order chi connectivity index (χ0) is 10.1. The summed E-state index contributed by atoms with van der Waals surface area (Å²) in [6, 6.07) is 8.70. The van der Waals surface area contributed by atoms with Crippen LogP contribution in [0.2, 0.25) is 0 Å². The van der Waals surface area contributed by atoms with Gasteiger partial charge in [-0.2, -0.15) is 5.26 Å². The summed E-state index contributed by atoms with van der Waals surface area (Å²) in [5.74, 6) is 0.101. The fraction of sp³-hybridized carbons (Fsp3) is 0.417. The Kier molecular flexibility index (Phi) is 2.17. The number of aryl methyl sites for hydroxylation is 1. The Morgan fingerprint density at radius 2 is 2.21 bits per heavy atom. The number of hydrogen-bond acceptors (Lipinski definition) is 2. The average Bonchev–Trinajstić information content (AvgIpc) is 2.59. The van der Waals surface area contributed by atoms with E-state index >= 15 is 0 Å². The maximum absolute atomic E-state index is 9.05. The Balaban J connectivity index is 2.55. The molecule has 0 heterocycles. The van der Waals surface area contributed by atoms with Gasteiger partial charge in [0.25, 0.3) is 0 Å². The Labute approximate surface area is 84.8 Å². The van der Waals surface area contributed by atoms with Crippen LogP contribution in [0.25, 0.3) is 0 Å². The summed E-state index contributed by atoms with van der Waals surface area (Å²) in [5.41, 5.74) is 3.80. The van der Waals surface area contributed by atoms with Crippen LogP contribution in [0.3, 0.4) is 0 Å². The highest BCUT2D eigenvalue weighted by Gasteiger charge is 2.25. The minimum absolute atomic E-state index is 0.101. The molecule has 0 N–H and O–H groups in total. The molecular formula is C12H14N2. The first-order valence-corrected chi connectivity index (χ1v) is 4.92. The van der Waals surface area contributed by atoms with Gasteiger partial charge in [-0.3, -0.25) is 0 Å². The number of benzene rings is 1. The topological polar surface area (TPSA) is 27.0 Å². The van der Waals surface area contributed by atoms with E-state index in [1.165, 1.54) is 16.8 Å². The SMILES string of the molecule is CN(C)c1cccc2c1C(C#N)CC2. The van der Waals surface area contributed by atoms with Crippen molar-refractivity contribution in [1.82, 2.24) is 0 Å². The Bertz CT molecular complexity index is 388. The maximum Gasteiger partial charge on any atom is 0.0738 e. The molecule has 1 aliphatic carbocycles. The van der Waals surface area contributed by atoms with Gasteiger partial charge in [-0.25, -0.2) is 0 Å². The Morgan fingerprint density at radius 3 is 2.86 bits per heavy atom. The van der Waals surface area contributed by atoms with E-state index in [0.717, 1.165) is 12.8 Å². The van der Waals surface area contributed by atoms with Gasteiger partial charge in [0.15, 0.2) is 0 Å². The number of nitriles is 1. The first-order chi connectivity index (χ1) is 6.74. The summed E-state index contributed by atoms with van der Waals surface area (Å²) < 4.78 is 0. The molecule has 14 heavy (non-hydrogen) atoms. The highest BCUT2D eigenvalue weighted by atomic mass is 15.1. The van der Waals surface area contributed by atoms with E-state index in [1.54, 1.807) is 0 Å². The first kappa shape index (κ1) is 9.08. The molecule has 0 aliphatic heterocycles. The van der Waals surface area contributed by atoms with E-state index in [-0.39, 0.29) is 5.92 Å². The lowest BCUT2D eigenvalue weighted by Gasteiger charge is -2.18. The van der Waals surface area contributed by atoms with Crippen molar-refractivity contribution in [1.29, 1.82) is 5.26 Å². The fourth-order valence-electron chi connectivity index (χ4n) is 2.18. The van der Waals surface area contributed by atoms with Crippen molar-refractivity contribution in [2.24, 2.45) is 0 Å². The lowest BCUT2D eigenvalue weighted by Crippen LogP contribution is -2.12. The van der Waals surface area contributed by atoms with Gasteiger partial charge in [-0.15, -0.1) is 0 Å². The predicted molar refractivity (Wildman–Crippen MR) is 57.4 cm³/mol. The minimum atomic E-state index is 0.101. The minimum Gasteiger partial charge on any atom is -0.377 e. The van der Waals surface area contributed by atoms with Crippen LogP contribution >= 0.6 is 0 Å². The molecule has 1 aromatic carbocycles. The number of anilines is 1. The van der Waals surface area contributed by atoms with Crippen LogP contribution in [-0.4, -0.2) is 14.1 Å². The van der Waals surface area contributed by atoms with Gasteiger partial charge >= 0.3 is 0 Å². The van der Waals surface area contributed by atoms with Crippen molar-refractivity contribution < 1.29 is 0 Å². The summed E-state index contributed by atoms with van der Waals surface area (Å²) in [6.07, 6.45) is 2.03. The zero-order valence-corrected chi connectivity index (χ0v) is 8.62. The predicted octanol–water partition coefficient (Wildman–Crippen LogP) is 2.31. The van der Waals surface area contributed by atoms with Gasteiger partial charge < -0.3 is 4.90 Å². The molecule has 0 bridgehead atoms. The molecule has 72 valence electrons. The number of nitrogens with zero attached hydrogens (tertiary/aromatic N) is 2. The molecule has 2 nitrogen and oxygen atoms in total. The molecule has 0 saturated heterocycles. The van der Waals surface area contributed by atoms with Gasteiger partial charge in [0.1, 0.15) is 0 Å². The Morgan fingerprint density at radius 1 is 1.43 bits per heavy atom. The molecule has 1 atom stereocenters. The van der Waals surface area contributed by atoms with Crippen molar-refractivity contribution in [3.63, 3.8) is 0 Å². The van der Waals surface area contributed by atoms with E-state index in [9.17, 15) is 0 Å². The van der Waals surface area contributed by atoms with Crippen LogP contribution in [-0.2, 0) is 6.42 Å². The molecule has 0 saturated carbocycles. The second-order valence-corrected chi connectivity index (χ2v) is 3.96. The highest BCUT2D eigenvalue weighted by Crippen LogP contribution is 2.38. The first-order valence-electron chi connectivity index (χ1n) is 4.92. The molecule has 2 rings (SSSR count). The third-order valence-electron chi connectivity index (χ3n) is 2.86. The lowest BCUT2D eigenvalue weighted by molar-refractivity contribution is 0.823. The monoisotopic (exact) mass is 186 g/mol. The van der Waals surface area contributed by atoms with E-state index in [4.69, 9.17) is 5.26 Å². The summed E-state index contributed by atoms with van der Waals surface area (Å²) in [6.45, 7) is 0. The van der Waals surface area contributed by atoms with Gasteiger partial charge in [-0.05, 0) is 30.0 Å². The van der Waals surface area contributed by atoms with Crippen LogP contribution in [0, 0.1) is 11.3 Å². The fourth-order valence-corrected chi connectivity index (χ4v) is 2.18. The van der Waals surface area contributed by atoms with E-state index in [0.29, 0.717) is 0 Å². The van der Waals surface area contributed by atoms with Crippen LogP contribution in [0.5, 0.6) is 0 Å². The second-order valence-electron chi connectivity index (χ2n) is 3.96. The maximum atomic E-state index is 9.05. The van der Waals surface area contributed by atoms with Crippen LogP contribution < -0.4 is 4.90 Å². The van der Waals surface area contributed by atoms with Gasteiger partial charge in [0.2, 0.25) is 0 Å². The van der Waals surface area contributed by atoms with Gasteiger partial charge in [0.05, 0.1) is 12.0 Å². The summed E-state index contributed by atoms with van der Waals surface area (Å²) in [7, 11) is 4.06. The van der Waals surface area contributed by atoms with Crippen molar-refractivity contribution in [3.05, 3.63) is 29.3 Å². The molecule has 1 aromatic rings. The second kappa shape index (κ2) is 3.34. The molecular weight excluding hydrogens is 172 g/mol. The van der Waals surface area contributed by atoms with E-state index in [1.807, 2.05) is 14.1 Å². The lowest BCUT2D eigenvalue weighted by atomic mass is 10.0. The molecule has 2 heteroatoms. The van der Waals surface area contributed by atoms with Crippen molar-refractivity contribution in [3.8, 4) is 6.07 Å². The molecule has 1 aliphatic rings. The quantitative estimate of drug-likeness (QED) is 0.673. The average molecular weight is 186 g/mol. The normalized spacial score (nSPS) is 18.8. The number of hydrogen-bond donors (Lipinski definition) is 0. The summed E-state index contributed by atoms with van der Waals surface area (Å²) >= 11 is 0. The standard InChI is InChI=1S/C12H14N2/c1-14(2)11-5-3-4-9-6-7-10(8-13)12(9)11/h3-5,10H,6-7H2,1-2H3. The third kappa shape index (κ3) is 1.26. The largest absolute Gasteiger partial charge is 0.377 e. The van der Waals surface area contributed by atoms with Gasteiger partial charge in [0, 0.05) is 19.8 Å². The number of rotatable bonds is 1. The molecule has 0 fully saturated rings. The molecule has 0 aromatic heterocycles. The Hall–Kier alpha value is -1.49. The van der Waals surface area contributed by atoms with Crippen molar-refractivity contribution in [2.75, 3.05) is 19.0 Å². The molecule has 0 spiro atoms. The highest BCUT2D eigenvalue weighted by molar-refractivity contribution is 5.60. The smallest absolute Gasteiger partial charge is 0.0738 e. The van der Waals surface area contributed by atoms with Crippen LogP contribution in [0.4, 0.5) is 5.69 Å². The number of fused-ring (bicyclic) bond motifs is 1. The van der Waals surface area contributed by atoms with Crippen LogP contribution in [0.1, 0.15) is 23.5 Å². The van der Waals surface area contributed by atoms with Gasteiger partial charge in [-0.1, -0.05) is 12.1 Å². The molecule has 0 radical (unpaired) electrons. The summed E-state index contributed by atoms with van der Waals surface area (Å²) in [4.78, 5) is 2.09. The zero-order valence-electron chi connectivity index (χ0n) is 8.62. The molecule has 1 unspecified atom stereocenters. The van der Waals surface area contributed by atoms with Crippen molar-refractivity contribution >= 4 is 5.69 Å².